The maximum absolute atomic E-state index is 12.5. The molecule has 0 radical (unpaired) electrons. The average Bonchev–Trinajstić information content (AvgIpc) is 3.01. The molecule has 0 atom stereocenters. The largest absolute Gasteiger partial charge is 0.361 e. The van der Waals surface area contributed by atoms with Crippen molar-refractivity contribution in [2.24, 2.45) is 0 Å². The molecule has 1 aliphatic rings. The van der Waals surface area contributed by atoms with Crippen molar-refractivity contribution < 1.29 is 17.7 Å². The van der Waals surface area contributed by atoms with Crippen molar-refractivity contribution in [3.05, 3.63) is 53.4 Å². The third-order valence-electron chi connectivity index (χ3n) is 3.96. The molecule has 1 fully saturated rings. The number of piperazine rings is 1. The van der Waals surface area contributed by atoms with Gasteiger partial charge in [-0.3, -0.25) is 4.79 Å². The van der Waals surface area contributed by atoms with Crippen LogP contribution >= 0.6 is 0 Å². The van der Waals surface area contributed by atoms with Crippen LogP contribution < -0.4 is 0 Å². The zero-order valence-corrected chi connectivity index (χ0v) is 14.2. The Hall–Kier alpha value is -2.19. The molecule has 0 unspecified atom stereocenters. The SMILES string of the molecule is Cc1cc(C(=O)N2CCN(S(=O)(=O)Cc3ccccc3)CC2)no1. The van der Waals surface area contributed by atoms with Crippen molar-refractivity contribution in [2.45, 2.75) is 12.7 Å². The van der Waals surface area contributed by atoms with Crippen LogP contribution in [-0.4, -0.2) is 54.9 Å². The summed E-state index contributed by atoms with van der Waals surface area (Å²) in [7, 11) is -3.38. The van der Waals surface area contributed by atoms with Gasteiger partial charge >= 0.3 is 0 Å². The first kappa shape index (κ1) is 16.7. The van der Waals surface area contributed by atoms with Crippen molar-refractivity contribution >= 4 is 15.9 Å². The van der Waals surface area contributed by atoms with Gasteiger partial charge in [-0.2, -0.15) is 4.31 Å². The number of nitrogens with zero attached hydrogens (tertiary/aromatic N) is 3. The molecular formula is C16H19N3O4S. The van der Waals surface area contributed by atoms with Crippen LogP contribution in [0.15, 0.2) is 40.9 Å². The monoisotopic (exact) mass is 349 g/mol. The lowest BCUT2D eigenvalue weighted by Crippen LogP contribution is -2.50. The van der Waals surface area contributed by atoms with E-state index in [9.17, 15) is 13.2 Å². The van der Waals surface area contributed by atoms with Crippen molar-refractivity contribution in [2.75, 3.05) is 26.2 Å². The normalized spacial score (nSPS) is 16.3. The van der Waals surface area contributed by atoms with Gasteiger partial charge in [-0.1, -0.05) is 35.5 Å². The molecule has 7 nitrogen and oxygen atoms in total. The molecular weight excluding hydrogens is 330 g/mol. The fraction of sp³-hybridized carbons (Fsp3) is 0.375. The lowest BCUT2D eigenvalue weighted by Gasteiger charge is -2.33. The summed E-state index contributed by atoms with van der Waals surface area (Å²) in [4.78, 5) is 13.9. The highest BCUT2D eigenvalue weighted by Gasteiger charge is 2.30. The van der Waals surface area contributed by atoms with Crippen molar-refractivity contribution in [1.29, 1.82) is 0 Å². The molecule has 128 valence electrons. The van der Waals surface area contributed by atoms with Gasteiger partial charge in [0.1, 0.15) is 5.76 Å². The van der Waals surface area contributed by atoms with Crippen LogP contribution in [0, 0.1) is 6.92 Å². The first-order chi connectivity index (χ1) is 11.5. The number of benzene rings is 1. The molecule has 1 saturated heterocycles. The summed E-state index contributed by atoms with van der Waals surface area (Å²) in [6.07, 6.45) is 0. The standard InChI is InChI=1S/C16H19N3O4S/c1-13-11-15(17-23-13)16(20)18-7-9-19(10-8-18)24(21,22)12-14-5-3-2-4-6-14/h2-6,11H,7-10,12H2,1H3. The zero-order valence-electron chi connectivity index (χ0n) is 13.4. The van der Waals surface area contributed by atoms with Gasteiger partial charge in [-0.25, -0.2) is 8.42 Å². The van der Waals surface area contributed by atoms with Gasteiger partial charge in [0, 0.05) is 32.2 Å². The summed E-state index contributed by atoms with van der Waals surface area (Å²) < 4.78 is 31.4. The van der Waals surface area contributed by atoms with Crippen molar-refractivity contribution in [3.63, 3.8) is 0 Å². The minimum absolute atomic E-state index is 0.0235. The van der Waals surface area contributed by atoms with Crippen LogP contribution in [-0.2, 0) is 15.8 Å². The van der Waals surface area contributed by atoms with Crippen LogP contribution in [0.1, 0.15) is 21.8 Å². The van der Waals surface area contributed by atoms with E-state index in [1.54, 1.807) is 30.0 Å². The highest BCUT2D eigenvalue weighted by molar-refractivity contribution is 7.88. The highest BCUT2D eigenvalue weighted by Crippen LogP contribution is 2.15. The van der Waals surface area contributed by atoms with E-state index in [0.717, 1.165) is 5.56 Å². The van der Waals surface area contributed by atoms with Gasteiger partial charge in [-0.15, -0.1) is 0 Å². The molecule has 3 rings (SSSR count). The van der Waals surface area contributed by atoms with E-state index in [-0.39, 0.29) is 30.4 Å². The quantitative estimate of drug-likeness (QED) is 0.830. The zero-order chi connectivity index (χ0) is 17.2. The van der Waals surface area contributed by atoms with Crippen LogP contribution in [0.2, 0.25) is 0 Å². The van der Waals surface area contributed by atoms with E-state index >= 15 is 0 Å². The van der Waals surface area contributed by atoms with Crippen LogP contribution in [0.5, 0.6) is 0 Å². The molecule has 2 aromatic rings. The maximum atomic E-state index is 12.5. The summed E-state index contributed by atoms with van der Waals surface area (Å²) in [6, 6.07) is 10.7. The molecule has 1 amide bonds. The number of aromatic nitrogens is 1. The summed E-state index contributed by atoms with van der Waals surface area (Å²) in [5.41, 5.74) is 1.02. The molecule has 24 heavy (non-hydrogen) atoms. The third kappa shape index (κ3) is 3.65. The number of carbonyl (C=O) groups excluding carboxylic acids is 1. The second kappa shape index (κ2) is 6.74. The fourth-order valence-electron chi connectivity index (χ4n) is 2.67. The third-order valence-corrected chi connectivity index (χ3v) is 5.81. The van der Waals surface area contributed by atoms with Gasteiger partial charge < -0.3 is 9.42 Å². The predicted octanol–water partition coefficient (Wildman–Crippen LogP) is 1.27. The van der Waals surface area contributed by atoms with E-state index in [4.69, 9.17) is 4.52 Å². The smallest absolute Gasteiger partial charge is 0.276 e. The maximum Gasteiger partial charge on any atom is 0.276 e. The number of amides is 1. The first-order valence-corrected chi connectivity index (χ1v) is 9.31. The molecule has 1 aliphatic heterocycles. The first-order valence-electron chi connectivity index (χ1n) is 7.70. The van der Waals surface area contributed by atoms with E-state index in [0.29, 0.717) is 18.8 Å². The molecule has 1 aromatic carbocycles. The van der Waals surface area contributed by atoms with Crippen molar-refractivity contribution in [1.82, 2.24) is 14.4 Å². The summed E-state index contributed by atoms with van der Waals surface area (Å²) in [5, 5.41) is 3.72. The number of sulfonamides is 1. The van der Waals surface area contributed by atoms with Gasteiger partial charge in [0.2, 0.25) is 10.0 Å². The molecule has 2 heterocycles. The Balaban J connectivity index is 1.61. The Morgan fingerprint density at radius 3 is 2.42 bits per heavy atom. The Morgan fingerprint density at radius 1 is 1.17 bits per heavy atom. The molecule has 8 heteroatoms. The molecule has 0 spiro atoms. The Kier molecular flexibility index (Phi) is 4.68. The number of aryl methyl sites for hydroxylation is 1. The Bertz CT molecular complexity index is 809. The summed E-state index contributed by atoms with van der Waals surface area (Å²) >= 11 is 0. The highest BCUT2D eigenvalue weighted by atomic mass is 32.2. The summed E-state index contributed by atoms with van der Waals surface area (Å²) in [5.74, 6) is 0.318. The molecule has 0 bridgehead atoms. The Morgan fingerprint density at radius 2 is 1.83 bits per heavy atom. The van der Waals surface area contributed by atoms with E-state index in [1.807, 2.05) is 18.2 Å². The number of carbonyl (C=O) groups is 1. The minimum Gasteiger partial charge on any atom is -0.361 e. The lowest BCUT2D eigenvalue weighted by molar-refractivity contribution is 0.0687. The average molecular weight is 349 g/mol. The molecule has 0 aliphatic carbocycles. The topological polar surface area (TPSA) is 83.7 Å². The second-order valence-corrected chi connectivity index (χ2v) is 7.72. The Labute approximate surface area is 140 Å². The molecule has 0 saturated carbocycles. The van der Waals surface area contributed by atoms with Crippen LogP contribution in [0.4, 0.5) is 0 Å². The van der Waals surface area contributed by atoms with E-state index in [1.165, 1.54) is 4.31 Å². The van der Waals surface area contributed by atoms with Crippen molar-refractivity contribution in [3.8, 4) is 0 Å². The van der Waals surface area contributed by atoms with E-state index < -0.39 is 10.0 Å². The van der Waals surface area contributed by atoms with Gasteiger partial charge in [0.25, 0.3) is 5.91 Å². The second-order valence-electron chi connectivity index (χ2n) is 5.76. The van der Waals surface area contributed by atoms with Gasteiger partial charge in [0.05, 0.1) is 5.75 Å². The fourth-order valence-corrected chi connectivity index (χ4v) is 4.19. The van der Waals surface area contributed by atoms with Gasteiger partial charge in [-0.05, 0) is 12.5 Å². The number of rotatable bonds is 4. The van der Waals surface area contributed by atoms with Gasteiger partial charge in [0.15, 0.2) is 5.69 Å². The van der Waals surface area contributed by atoms with E-state index in [2.05, 4.69) is 5.16 Å². The van der Waals surface area contributed by atoms with Crippen LogP contribution in [0.25, 0.3) is 0 Å². The molecule has 1 aromatic heterocycles. The lowest BCUT2D eigenvalue weighted by atomic mass is 10.2. The minimum atomic E-state index is -3.38. The number of hydrogen-bond donors (Lipinski definition) is 0. The predicted molar refractivity (Wildman–Crippen MR) is 87.8 cm³/mol. The number of hydrogen-bond acceptors (Lipinski definition) is 5. The molecule has 0 N–H and O–H groups in total. The summed E-state index contributed by atoms with van der Waals surface area (Å²) in [6.45, 7) is 2.99. The van der Waals surface area contributed by atoms with Crippen LogP contribution in [0.3, 0.4) is 0 Å².